The predicted molar refractivity (Wildman–Crippen MR) is 395 cm³/mol. The lowest BCUT2D eigenvalue weighted by molar-refractivity contribution is -0.219. The van der Waals surface area contributed by atoms with E-state index in [4.69, 9.17) is 4.74 Å². The molecule has 0 aromatic rings. The molecule has 612 valence electrons. The summed E-state index contributed by atoms with van der Waals surface area (Å²) in [6.45, 7) is 8.84. The molecule has 2 N–H and O–H groups in total. The second kappa shape index (κ2) is 37.5. The molecule has 25 nitrogen and oxygen atoms in total. The van der Waals surface area contributed by atoms with E-state index in [0.29, 0.717) is 83.2 Å². The smallest absolute Gasteiger partial charge is 0.377 e. The van der Waals surface area contributed by atoms with Gasteiger partial charge in [-0.15, -0.1) is 0 Å². The Kier molecular flexibility index (Phi) is 29.6. The average Bonchev–Trinajstić information content (AvgIpc) is 1.57. The molecule has 8 fully saturated rings. The van der Waals surface area contributed by atoms with Crippen molar-refractivity contribution in [3.63, 3.8) is 0 Å². The second-order valence-corrected chi connectivity index (χ2v) is 33.3. The van der Waals surface area contributed by atoms with E-state index < -0.39 is 211 Å². The van der Waals surface area contributed by atoms with Gasteiger partial charge in [-0.25, -0.2) is 8.78 Å². The first-order chi connectivity index (χ1) is 51.7. The molecule has 5 aliphatic carbocycles. The molecule has 4 aliphatic heterocycles. The fourth-order valence-corrected chi connectivity index (χ4v) is 18.5. The Morgan fingerprint density at radius 3 is 1.86 bits per heavy atom. The van der Waals surface area contributed by atoms with Gasteiger partial charge in [0.25, 0.3) is 0 Å². The highest BCUT2D eigenvalue weighted by Gasteiger charge is 2.58. The van der Waals surface area contributed by atoms with Gasteiger partial charge in [0.15, 0.2) is 0 Å². The van der Waals surface area contributed by atoms with E-state index in [1.165, 1.54) is 81.5 Å². The standard InChI is InChI=1S/C79H123F5N12O13/c1-12-23-58-69(100)86-67(49(5)13-2)75(106)95(53-32-33-53)47-65(99)89(8)59-26-16-15-19-39-94(74(59)105)61(42-50-29-27-48(4)28-30-50)71(102)87(6)46-63(97)85-57(34-31-51-40-55(80)66(56(81)41-51)79(82,83)84)70(101)96-45-54(109-14-3)43-62(96)72(103)92(11)78(35-22-36-78)77(108)91(10)68(52-24-17-18-25-52)76(107)90(9)60(44-64(98)88(58)7)73(104)93-37-20-21-38-93/h15-16,48-62,66-68H,12-14,17-47H2,1-11H3,(H,85,97)(H,86,100)/b16-15-/t48?,49-,50?,51?,54+,55?,56?,57-,58-,59-,60-,61-,62-,66?,67-,68-/m0/s1. The molecular weight excluding hydrogens is 1420 g/mol. The number of hydrogen-bond donors (Lipinski definition) is 2. The molecule has 3 saturated heterocycles. The molecule has 12 amide bonds. The van der Waals surface area contributed by atoms with E-state index in [1.54, 1.807) is 24.8 Å². The van der Waals surface area contributed by atoms with Crippen LogP contribution in [0, 0.1) is 35.5 Å². The highest BCUT2D eigenvalue weighted by atomic mass is 19.4. The van der Waals surface area contributed by atoms with Crippen molar-refractivity contribution in [2.75, 3.05) is 88.2 Å². The van der Waals surface area contributed by atoms with Crippen LogP contribution in [0.15, 0.2) is 12.2 Å². The van der Waals surface area contributed by atoms with Crippen molar-refractivity contribution in [2.45, 2.75) is 293 Å². The molecule has 1 spiro atoms. The quantitative estimate of drug-likeness (QED) is 0.132. The Hall–Kier alpha value is -7.01. The Morgan fingerprint density at radius 1 is 0.624 bits per heavy atom. The van der Waals surface area contributed by atoms with E-state index >= 15 is 61.5 Å². The minimum atomic E-state index is -5.17. The maximum atomic E-state index is 15.9. The number of ether oxygens (including phenoxy) is 1. The number of carbonyl (C=O) groups excluding carboxylic acids is 12. The van der Waals surface area contributed by atoms with Crippen LogP contribution in [0.5, 0.6) is 0 Å². The van der Waals surface area contributed by atoms with Gasteiger partial charge in [-0.1, -0.05) is 91.2 Å². The Labute approximate surface area is 640 Å². The van der Waals surface area contributed by atoms with E-state index in [2.05, 4.69) is 17.6 Å². The van der Waals surface area contributed by atoms with Crippen molar-refractivity contribution in [3.05, 3.63) is 12.2 Å². The van der Waals surface area contributed by atoms with Gasteiger partial charge in [0.05, 0.1) is 19.1 Å². The van der Waals surface area contributed by atoms with Gasteiger partial charge in [-0.2, -0.15) is 13.2 Å². The maximum Gasteiger partial charge on any atom is 0.397 e. The van der Waals surface area contributed by atoms with Crippen LogP contribution < -0.4 is 10.6 Å². The number of fused-ring (bicyclic) bond motifs is 3. The van der Waals surface area contributed by atoms with E-state index in [9.17, 15) is 18.0 Å². The van der Waals surface area contributed by atoms with Crippen LogP contribution in [0.4, 0.5) is 22.0 Å². The van der Waals surface area contributed by atoms with Crippen LogP contribution in [0.2, 0.25) is 0 Å². The number of nitrogens with one attached hydrogen (secondary N) is 2. The monoisotopic (exact) mass is 1540 g/mol. The van der Waals surface area contributed by atoms with Crippen LogP contribution in [-0.2, 0) is 62.3 Å². The number of hydrogen-bond acceptors (Lipinski definition) is 13. The first kappa shape index (κ1) is 86.0. The number of likely N-dealkylation sites (N-methyl/N-ethyl adjacent to an activating group) is 6. The van der Waals surface area contributed by atoms with E-state index in [1.807, 2.05) is 19.9 Å². The summed E-state index contributed by atoms with van der Waals surface area (Å²) < 4.78 is 79.3. The SMILES string of the molecule is CCC[C@H]1C(=O)N[C@@H]([C@@H](C)CC)C(=O)N(C2CC2)CC(=O)N(C)[C@H]2C/C=C\CCN(C2=O)[C@@H](CC2CCC(C)CC2)C(=O)N(C)CC(=O)N[C@@H](CCC2CC(F)C(C(F)(F)F)C(F)C2)C(=O)N2C[C@H](OCC)C[C@H]2C(=O)N(C)C2(CCC2)C(=O)N(C)[C@@H](C2CCCC2)C(=O)N(C)[C@H](C(=O)N2CCCC2)CC(=O)N1C. The number of alkyl halides is 5. The number of nitrogens with zero attached hydrogens (tertiary/aromatic N) is 10. The molecule has 0 aromatic carbocycles. The zero-order valence-electron chi connectivity index (χ0n) is 66.3. The average molecular weight is 1540 g/mol. The third-order valence-electron chi connectivity index (χ3n) is 26.0. The van der Waals surface area contributed by atoms with Crippen LogP contribution in [0.1, 0.15) is 208 Å². The summed E-state index contributed by atoms with van der Waals surface area (Å²) in [5.41, 5.74) is -1.59. The summed E-state index contributed by atoms with van der Waals surface area (Å²) in [5.74, 6) is -12.3. The normalized spacial score (nSPS) is 33.1. The number of amides is 12. The number of rotatable bonds is 14. The highest BCUT2D eigenvalue weighted by Crippen LogP contribution is 2.46. The molecule has 4 heterocycles. The molecule has 12 atom stereocenters. The van der Waals surface area contributed by atoms with Crippen LogP contribution in [0.3, 0.4) is 0 Å². The minimum absolute atomic E-state index is 0.0327. The molecule has 2 bridgehead atoms. The molecule has 109 heavy (non-hydrogen) atoms. The number of carbonyl (C=O) groups is 12. The molecule has 0 aromatic heterocycles. The fraction of sp³-hybridized carbons (Fsp3) is 0.823. The van der Waals surface area contributed by atoms with Gasteiger partial charge in [0, 0.05) is 87.5 Å². The molecule has 30 heteroatoms. The van der Waals surface area contributed by atoms with Gasteiger partial charge in [0.1, 0.15) is 78.7 Å². The topological polar surface area (TPSA) is 271 Å². The summed E-state index contributed by atoms with van der Waals surface area (Å²) in [5, 5.41) is 5.75. The Balaban J connectivity index is 1.12. The van der Waals surface area contributed by atoms with Gasteiger partial charge in [-0.3, -0.25) is 57.5 Å². The predicted octanol–water partition coefficient (Wildman–Crippen LogP) is 6.97. The van der Waals surface area contributed by atoms with Crippen molar-refractivity contribution in [1.29, 1.82) is 0 Å². The molecule has 2 unspecified atom stereocenters. The lowest BCUT2D eigenvalue weighted by Gasteiger charge is -2.51. The summed E-state index contributed by atoms with van der Waals surface area (Å²) in [6, 6.07) is -10.8. The fourth-order valence-electron chi connectivity index (χ4n) is 18.5. The molecular formula is C79H123F5N12O13. The third-order valence-corrected chi connectivity index (χ3v) is 26.0. The summed E-state index contributed by atoms with van der Waals surface area (Å²) in [6.07, 6.45) is 0.135. The first-order valence-electron chi connectivity index (χ1n) is 40.7. The molecule has 0 radical (unpaired) electrons. The van der Waals surface area contributed by atoms with Crippen molar-refractivity contribution >= 4 is 70.9 Å². The first-order valence-corrected chi connectivity index (χ1v) is 40.7. The lowest BCUT2D eigenvalue weighted by Crippen LogP contribution is -2.68. The zero-order valence-corrected chi connectivity index (χ0v) is 66.3. The summed E-state index contributed by atoms with van der Waals surface area (Å²) in [4.78, 5) is 198. The third kappa shape index (κ3) is 19.9. The highest BCUT2D eigenvalue weighted by molar-refractivity contribution is 6.01. The molecule has 5 saturated carbocycles. The van der Waals surface area contributed by atoms with Crippen LogP contribution in [-0.4, -0.2) is 293 Å². The Bertz CT molecular complexity index is 3270. The van der Waals surface area contributed by atoms with Crippen molar-refractivity contribution < 1.29 is 84.2 Å². The number of halogens is 5. The summed E-state index contributed by atoms with van der Waals surface area (Å²) >= 11 is 0. The van der Waals surface area contributed by atoms with E-state index in [-0.39, 0.29) is 77.0 Å². The largest absolute Gasteiger partial charge is 0.397 e. The van der Waals surface area contributed by atoms with Crippen molar-refractivity contribution in [2.24, 2.45) is 35.5 Å². The van der Waals surface area contributed by atoms with Gasteiger partial charge in [-0.05, 0) is 146 Å². The molecule has 9 aliphatic rings. The van der Waals surface area contributed by atoms with Crippen molar-refractivity contribution in [1.82, 2.24) is 59.6 Å². The minimum Gasteiger partial charge on any atom is -0.377 e. The van der Waals surface area contributed by atoms with Crippen LogP contribution >= 0.6 is 0 Å². The maximum absolute atomic E-state index is 15.9. The zero-order chi connectivity index (χ0) is 79.7. The van der Waals surface area contributed by atoms with Gasteiger partial charge < -0.3 is 64.4 Å². The van der Waals surface area contributed by atoms with Crippen LogP contribution in [0.25, 0.3) is 0 Å². The molecule has 9 rings (SSSR count). The Morgan fingerprint density at radius 2 is 1.28 bits per heavy atom. The summed E-state index contributed by atoms with van der Waals surface area (Å²) in [7, 11) is 8.66. The van der Waals surface area contributed by atoms with E-state index in [0.717, 1.165) is 43.4 Å². The number of likely N-dealkylation sites (tertiary alicyclic amines) is 1. The van der Waals surface area contributed by atoms with Gasteiger partial charge >= 0.3 is 6.18 Å². The van der Waals surface area contributed by atoms with Crippen molar-refractivity contribution in [3.8, 4) is 0 Å². The lowest BCUT2D eigenvalue weighted by atomic mass is 9.73. The second-order valence-electron chi connectivity index (χ2n) is 33.3. The van der Waals surface area contributed by atoms with Gasteiger partial charge in [0.2, 0.25) is 70.9 Å².